The minimum absolute atomic E-state index is 0.0548. The van der Waals surface area contributed by atoms with Crippen LogP contribution >= 0.6 is 23.2 Å². The molecule has 1 atom stereocenters. The second-order valence-corrected chi connectivity index (χ2v) is 6.48. The van der Waals surface area contributed by atoms with E-state index in [1.807, 2.05) is 49.3 Å². The van der Waals surface area contributed by atoms with E-state index in [0.29, 0.717) is 28.6 Å². The molecule has 2 rings (SSSR count). The summed E-state index contributed by atoms with van der Waals surface area (Å²) in [5, 5.41) is 0.947. The van der Waals surface area contributed by atoms with Crippen LogP contribution in [-0.2, 0) is 6.42 Å². The molecule has 0 fully saturated rings. The number of rotatable bonds is 6. The van der Waals surface area contributed by atoms with Crippen LogP contribution in [0, 0.1) is 5.92 Å². The number of halogens is 2. The van der Waals surface area contributed by atoms with Crippen molar-refractivity contribution in [2.75, 3.05) is 20.6 Å². The van der Waals surface area contributed by atoms with Crippen molar-refractivity contribution in [3.8, 4) is 0 Å². The van der Waals surface area contributed by atoms with E-state index in [2.05, 4.69) is 0 Å². The molecule has 2 aromatic carbocycles. The van der Waals surface area contributed by atoms with Gasteiger partial charge in [-0.3, -0.25) is 4.79 Å². The summed E-state index contributed by atoms with van der Waals surface area (Å²) in [6.07, 6.45) is 0.691. The molecule has 0 aliphatic heterocycles. The molecule has 0 unspecified atom stereocenters. The highest BCUT2D eigenvalue weighted by molar-refractivity contribution is 6.36. The molecule has 0 aliphatic carbocycles. The minimum atomic E-state index is -0.143. The molecule has 0 heterocycles. The van der Waals surface area contributed by atoms with Gasteiger partial charge >= 0.3 is 0 Å². The Morgan fingerprint density at radius 3 is 2.36 bits per heavy atom. The fourth-order valence-corrected chi connectivity index (χ4v) is 2.99. The van der Waals surface area contributed by atoms with Gasteiger partial charge in [0.15, 0.2) is 5.78 Å². The van der Waals surface area contributed by atoms with E-state index in [0.717, 1.165) is 5.56 Å². The van der Waals surface area contributed by atoms with E-state index in [9.17, 15) is 4.79 Å². The maximum absolute atomic E-state index is 12.9. The number of benzene rings is 2. The van der Waals surface area contributed by atoms with E-state index in [1.165, 1.54) is 0 Å². The third-order valence-corrected chi connectivity index (χ3v) is 4.03. The zero-order valence-electron chi connectivity index (χ0n) is 12.7. The monoisotopic (exact) mass is 335 g/mol. The summed E-state index contributed by atoms with van der Waals surface area (Å²) in [5.74, 6) is -0.0877. The van der Waals surface area contributed by atoms with Gasteiger partial charge in [-0.15, -0.1) is 0 Å². The highest BCUT2D eigenvalue weighted by Gasteiger charge is 2.23. The summed E-state index contributed by atoms with van der Waals surface area (Å²) in [5.41, 5.74) is 1.68. The van der Waals surface area contributed by atoms with Crippen LogP contribution in [0.25, 0.3) is 0 Å². The second-order valence-electron chi connectivity index (χ2n) is 5.64. The molecular formula is C18H19Cl2NO. The molecule has 4 heteroatoms. The van der Waals surface area contributed by atoms with Crippen molar-refractivity contribution in [2.45, 2.75) is 6.42 Å². The Morgan fingerprint density at radius 1 is 1.09 bits per heavy atom. The third kappa shape index (κ3) is 4.57. The first kappa shape index (κ1) is 17.0. The normalized spacial score (nSPS) is 12.4. The Bertz CT molecular complexity index is 641. The summed E-state index contributed by atoms with van der Waals surface area (Å²) in [6.45, 7) is 0.673. The Hall–Kier alpha value is -1.35. The molecule has 0 N–H and O–H groups in total. The van der Waals surface area contributed by atoms with Gasteiger partial charge in [-0.2, -0.15) is 0 Å². The molecule has 22 heavy (non-hydrogen) atoms. The molecular weight excluding hydrogens is 317 g/mol. The molecule has 0 aromatic heterocycles. The van der Waals surface area contributed by atoms with Gasteiger partial charge in [-0.25, -0.2) is 0 Å². The van der Waals surface area contributed by atoms with Gasteiger partial charge in [-0.1, -0.05) is 53.5 Å². The van der Waals surface area contributed by atoms with Crippen LogP contribution < -0.4 is 0 Å². The third-order valence-electron chi connectivity index (χ3n) is 3.48. The molecule has 0 saturated carbocycles. The van der Waals surface area contributed by atoms with Gasteiger partial charge in [0, 0.05) is 23.0 Å². The fraction of sp³-hybridized carbons (Fsp3) is 0.278. The summed E-state index contributed by atoms with van der Waals surface area (Å²) in [6, 6.07) is 15.1. The topological polar surface area (TPSA) is 20.3 Å². The number of carbonyl (C=O) groups excluding carboxylic acids is 1. The molecule has 0 radical (unpaired) electrons. The smallest absolute Gasteiger partial charge is 0.169 e. The van der Waals surface area contributed by atoms with Crippen molar-refractivity contribution in [2.24, 2.45) is 5.92 Å². The highest BCUT2D eigenvalue weighted by atomic mass is 35.5. The van der Waals surface area contributed by atoms with Crippen molar-refractivity contribution >= 4 is 29.0 Å². The van der Waals surface area contributed by atoms with Crippen molar-refractivity contribution in [1.82, 2.24) is 4.90 Å². The Labute approximate surface area is 141 Å². The maximum Gasteiger partial charge on any atom is 0.169 e. The Morgan fingerprint density at radius 2 is 1.77 bits per heavy atom. The van der Waals surface area contributed by atoms with Crippen LogP contribution in [0.15, 0.2) is 48.5 Å². The van der Waals surface area contributed by atoms with Crippen molar-refractivity contribution in [1.29, 1.82) is 0 Å². The van der Waals surface area contributed by atoms with Crippen molar-refractivity contribution in [3.63, 3.8) is 0 Å². The number of carbonyl (C=O) groups is 1. The minimum Gasteiger partial charge on any atom is -0.309 e. The first-order chi connectivity index (χ1) is 10.5. The molecule has 2 aromatic rings. The lowest BCUT2D eigenvalue weighted by atomic mass is 9.91. The van der Waals surface area contributed by atoms with Crippen LogP contribution in [0.5, 0.6) is 0 Å². The molecule has 116 valence electrons. The SMILES string of the molecule is CN(C)C[C@H](Cc1ccccc1)C(=O)c1ccc(Cl)cc1Cl. The maximum atomic E-state index is 12.9. The zero-order chi connectivity index (χ0) is 16.1. The number of hydrogen-bond acceptors (Lipinski definition) is 2. The Balaban J connectivity index is 2.26. The lowest BCUT2D eigenvalue weighted by Crippen LogP contribution is -2.29. The largest absolute Gasteiger partial charge is 0.309 e. The second kappa shape index (κ2) is 7.77. The van der Waals surface area contributed by atoms with Gasteiger partial charge in [0.05, 0.1) is 5.02 Å². The van der Waals surface area contributed by atoms with Crippen LogP contribution in [0.3, 0.4) is 0 Å². The summed E-state index contributed by atoms with van der Waals surface area (Å²) < 4.78 is 0. The number of nitrogens with zero attached hydrogens (tertiary/aromatic N) is 1. The number of Topliss-reactive ketones (excluding diaryl/α,β-unsaturated/α-hetero) is 1. The van der Waals surface area contributed by atoms with Crippen molar-refractivity contribution in [3.05, 3.63) is 69.7 Å². The van der Waals surface area contributed by atoms with Gasteiger partial charge in [0.1, 0.15) is 0 Å². The van der Waals surface area contributed by atoms with Crippen molar-refractivity contribution < 1.29 is 4.79 Å². The highest BCUT2D eigenvalue weighted by Crippen LogP contribution is 2.25. The van der Waals surface area contributed by atoms with E-state index in [1.54, 1.807) is 18.2 Å². The fourth-order valence-electron chi connectivity index (χ4n) is 2.49. The first-order valence-electron chi connectivity index (χ1n) is 7.15. The number of hydrogen-bond donors (Lipinski definition) is 0. The lowest BCUT2D eigenvalue weighted by molar-refractivity contribution is 0.0897. The predicted octanol–water partition coefficient (Wildman–Crippen LogP) is 4.60. The molecule has 0 saturated heterocycles. The van der Waals surface area contributed by atoms with Crippen LogP contribution in [0.4, 0.5) is 0 Å². The van der Waals surface area contributed by atoms with Gasteiger partial charge < -0.3 is 4.90 Å². The summed E-state index contributed by atoms with van der Waals surface area (Å²) in [4.78, 5) is 14.9. The average Bonchev–Trinajstić information content (AvgIpc) is 2.46. The quantitative estimate of drug-likeness (QED) is 0.719. The van der Waals surface area contributed by atoms with E-state index in [4.69, 9.17) is 23.2 Å². The van der Waals surface area contributed by atoms with Crippen LogP contribution in [0.2, 0.25) is 10.0 Å². The van der Waals surface area contributed by atoms with Crippen LogP contribution in [-0.4, -0.2) is 31.3 Å². The molecule has 2 nitrogen and oxygen atoms in total. The molecule has 0 bridgehead atoms. The molecule has 0 aliphatic rings. The van der Waals surface area contributed by atoms with Gasteiger partial charge in [-0.05, 0) is 44.3 Å². The summed E-state index contributed by atoms with van der Waals surface area (Å²) in [7, 11) is 3.93. The zero-order valence-corrected chi connectivity index (χ0v) is 14.2. The average molecular weight is 336 g/mol. The standard InChI is InChI=1S/C18H19Cl2NO/c1-21(2)12-14(10-13-6-4-3-5-7-13)18(22)16-9-8-15(19)11-17(16)20/h3-9,11,14H,10,12H2,1-2H3/t14-/m0/s1. The van der Waals surface area contributed by atoms with E-state index >= 15 is 0 Å². The lowest BCUT2D eigenvalue weighted by Gasteiger charge is -2.21. The van der Waals surface area contributed by atoms with Crippen LogP contribution in [0.1, 0.15) is 15.9 Å². The summed E-state index contributed by atoms with van der Waals surface area (Å²) >= 11 is 12.1. The van der Waals surface area contributed by atoms with Gasteiger partial charge in [0.25, 0.3) is 0 Å². The van der Waals surface area contributed by atoms with E-state index < -0.39 is 0 Å². The van der Waals surface area contributed by atoms with E-state index in [-0.39, 0.29) is 11.7 Å². The molecule has 0 spiro atoms. The Kier molecular flexibility index (Phi) is 6.01. The number of ketones is 1. The van der Waals surface area contributed by atoms with Gasteiger partial charge in [0.2, 0.25) is 0 Å². The molecule has 0 amide bonds. The first-order valence-corrected chi connectivity index (χ1v) is 7.91. The predicted molar refractivity (Wildman–Crippen MR) is 93.0 cm³/mol.